The van der Waals surface area contributed by atoms with Gasteiger partial charge in [0, 0.05) is 18.7 Å². The van der Waals surface area contributed by atoms with Crippen molar-refractivity contribution in [3.05, 3.63) is 59.2 Å². The Morgan fingerprint density at radius 1 is 1.06 bits per heavy atom. The Morgan fingerprint density at radius 3 is 2.44 bits per heavy atom. The van der Waals surface area contributed by atoms with Gasteiger partial charge in [-0.15, -0.1) is 0 Å². The first-order valence-corrected chi connectivity index (χ1v) is 12.7. The number of benzene rings is 2. The van der Waals surface area contributed by atoms with E-state index in [0.717, 1.165) is 10.5 Å². The number of carbonyl (C=O) groups excluding carboxylic acids is 4. The molecule has 1 fully saturated rings. The highest BCUT2D eigenvalue weighted by molar-refractivity contribution is 7.86. The highest BCUT2D eigenvalue weighted by Gasteiger charge is 2.44. The van der Waals surface area contributed by atoms with Gasteiger partial charge in [-0.25, -0.2) is 4.18 Å². The Hall–Kier alpha value is -3.61. The number of fused-ring (bicyclic) bond motifs is 1. The first-order chi connectivity index (χ1) is 17.1. The van der Waals surface area contributed by atoms with Gasteiger partial charge in [0.05, 0.1) is 22.6 Å². The molecule has 12 heteroatoms. The van der Waals surface area contributed by atoms with E-state index in [1.54, 1.807) is 18.2 Å². The average molecular weight is 516 g/mol. The van der Waals surface area contributed by atoms with Crippen molar-refractivity contribution in [2.75, 3.05) is 18.5 Å². The van der Waals surface area contributed by atoms with Gasteiger partial charge in [0.2, 0.25) is 11.8 Å². The van der Waals surface area contributed by atoms with E-state index >= 15 is 0 Å². The van der Waals surface area contributed by atoms with Crippen molar-refractivity contribution in [1.29, 1.82) is 0 Å². The van der Waals surface area contributed by atoms with Gasteiger partial charge in [-0.1, -0.05) is 17.7 Å². The molecule has 11 nitrogen and oxygen atoms in total. The Kier molecular flexibility index (Phi) is 7.20. The molecular weight excluding hydrogens is 490 g/mol. The van der Waals surface area contributed by atoms with E-state index in [1.807, 2.05) is 6.92 Å². The van der Waals surface area contributed by atoms with E-state index < -0.39 is 46.1 Å². The zero-order valence-corrected chi connectivity index (χ0v) is 20.5. The van der Waals surface area contributed by atoms with Crippen molar-refractivity contribution < 1.29 is 36.5 Å². The smallest absolute Gasteiger partial charge is 0.299 e. The van der Waals surface area contributed by atoms with Crippen LogP contribution in [0.1, 0.15) is 46.0 Å². The van der Waals surface area contributed by atoms with Gasteiger partial charge >= 0.3 is 0 Å². The molecule has 2 heterocycles. The number of piperidine rings is 1. The highest BCUT2D eigenvalue weighted by atomic mass is 32.2. The van der Waals surface area contributed by atoms with Crippen molar-refractivity contribution in [1.82, 2.24) is 10.2 Å². The van der Waals surface area contributed by atoms with E-state index in [1.165, 1.54) is 31.2 Å². The highest BCUT2D eigenvalue weighted by Crippen LogP contribution is 2.29. The molecule has 0 spiro atoms. The lowest BCUT2D eigenvalue weighted by atomic mass is 10.0. The number of amides is 4. The summed E-state index contributed by atoms with van der Waals surface area (Å²) in [6, 6.07) is 9.83. The lowest BCUT2D eigenvalue weighted by Crippen LogP contribution is -2.54. The van der Waals surface area contributed by atoms with Crippen LogP contribution in [-0.2, 0) is 28.6 Å². The Bertz CT molecular complexity index is 1320. The number of aryl methyl sites for hydroxylation is 1. The summed E-state index contributed by atoms with van der Waals surface area (Å²) < 4.78 is 35.2. The fraction of sp³-hybridized carbons (Fsp3) is 0.333. The first-order valence-electron chi connectivity index (χ1n) is 11.3. The summed E-state index contributed by atoms with van der Waals surface area (Å²) in [6.45, 7) is 3.67. The van der Waals surface area contributed by atoms with Gasteiger partial charge in [0.1, 0.15) is 6.04 Å². The summed E-state index contributed by atoms with van der Waals surface area (Å²) in [5, 5.41) is 5.20. The number of carbonyl (C=O) groups is 4. The van der Waals surface area contributed by atoms with Crippen LogP contribution >= 0.6 is 0 Å². The number of anilines is 1. The second kappa shape index (κ2) is 10.2. The molecule has 2 N–H and O–H groups in total. The summed E-state index contributed by atoms with van der Waals surface area (Å²) >= 11 is 0. The number of ether oxygens (including phenoxy) is 1. The third-order valence-corrected chi connectivity index (χ3v) is 7.17. The molecule has 0 saturated carbocycles. The number of nitrogens with zero attached hydrogens (tertiary/aromatic N) is 1. The predicted octanol–water partition coefficient (Wildman–Crippen LogP) is 1.58. The molecule has 36 heavy (non-hydrogen) atoms. The molecule has 4 amide bonds. The van der Waals surface area contributed by atoms with Crippen LogP contribution in [0.15, 0.2) is 47.4 Å². The minimum absolute atomic E-state index is 0.0328. The number of hydrogen-bond donors (Lipinski definition) is 2. The summed E-state index contributed by atoms with van der Waals surface area (Å²) in [6.07, 6.45) is -0.900. The largest absolute Gasteiger partial charge is 0.383 e. The van der Waals surface area contributed by atoms with Crippen molar-refractivity contribution >= 4 is 39.4 Å². The normalized spacial score (nSPS) is 18.7. The lowest BCUT2D eigenvalue weighted by molar-refractivity contribution is -0.136. The summed E-state index contributed by atoms with van der Waals surface area (Å²) in [5.41, 5.74) is 1.78. The zero-order chi connectivity index (χ0) is 26.0. The second-order valence-electron chi connectivity index (χ2n) is 8.44. The molecule has 2 unspecified atom stereocenters. The van der Waals surface area contributed by atoms with E-state index in [9.17, 15) is 27.6 Å². The van der Waals surface area contributed by atoms with Crippen molar-refractivity contribution in [3.8, 4) is 0 Å². The number of imide groups is 2. The molecule has 2 aromatic rings. The van der Waals surface area contributed by atoms with Gasteiger partial charge in [-0.3, -0.25) is 29.4 Å². The van der Waals surface area contributed by atoms with Crippen LogP contribution in [0.2, 0.25) is 0 Å². The quantitative estimate of drug-likeness (QED) is 0.220. The van der Waals surface area contributed by atoms with Gasteiger partial charge in [0.25, 0.3) is 21.9 Å². The summed E-state index contributed by atoms with van der Waals surface area (Å²) in [4.78, 5) is 50.1. The van der Waals surface area contributed by atoms with Crippen molar-refractivity contribution in [2.24, 2.45) is 0 Å². The average Bonchev–Trinajstić information content (AvgIpc) is 3.06. The zero-order valence-electron chi connectivity index (χ0n) is 19.6. The molecule has 2 aliphatic heterocycles. The van der Waals surface area contributed by atoms with Crippen LogP contribution in [0.5, 0.6) is 0 Å². The molecule has 4 rings (SSSR count). The Morgan fingerprint density at radius 2 is 1.75 bits per heavy atom. The Labute approximate surface area is 207 Å². The number of hydrogen-bond acceptors (Lipinski definition) is 9. The maximum atomic E-state index is 12.9. The van der Waals surface area contributed by atoms with Crippen LogP contribution in [0.25, 0.3) is 0 Å². The maximum absolute atomic E-state index is 12.9. The topological polar surface area (TPSA) is 148 Å². The minimum atomic E-state index is -3.97. The molecule has 0 aromatic heterocycles. The molecule has 0 aliphatic carbocycles. The molecule has 0 bridgehead atoms. The lowest BCUT2D eigenvalue weighted by Gasteiger charge is -2.27. The molecule has 2 aromatic carbocycles. The van der Waals surface area contributed by atoms with Crippen LogP contribution < -0.4 is 10.6 Å². The van der Waals surface area contributed by atoms with Crippen LogP contribution in [0.3, 0.4) is 0 Å². The van der Waals surface area contributed by atoms with Crippen LogP contribution in [0, 0.1) is 6.92 Å². The van der Waals surface area contributed by atoms with E-state index in [-0.39, 0.29) is 42.0 Å². The van der Waals surface area contributed by atoms with Crippen LogP contribution in [-0.4, -0.2) is 62.4 Å². The predicted molar refractivity (Wildman–Crippen MR) is 126 cm³/mol. The molecule has 2 atom stereocenters. The Balaban J connectivity index is 1.31. The van der Waals surface area contributed by atoms with Crippen molar-refractivity contribution in [3.63, 3.8) is 0 Å². The van der Waals surface area contributed by atoms with Crippen molar-refractivity contribution in [2.45, 2.75) is 43.9 Å². The third-order valence-electron chi connectivity index (χ3n) is 5.80. The summed E-state index contributed by atoms with van der Waals surface area (Å²) in [7, 11) is -3.97. The molecule has 1 saturated heterocycles. The van der Waals surface area contributed by atoms with E-state index in [4.69, 9.17) is 8.92 Å². The first kappa shape index (κ1) is 25.5. The third kappa shape index (κ3) is 5.30. The molecule has 2 aliphatic rings. The van der Waals surface area contributed by atoms with Gasteiger partial charge in [0.15, 0.2) is 6.29 Å². The minimum Gasteiger partial charge on any atom is -0.383 e. The molecule has 190 valence electrons. The fourth-order valence-corrected chi connectivity index (χ4v) is 4.96. The molecule has 0 radical (unpaired) electrons. The van der Waals surface area contributed by atoms with Gasteiger partial charge < -0.3 is 10.1 Å². The standard InChI is InChI=1S/C24H25N3O8S/c1-14-3-6-17(7-4-14)36(32,33)35-15(2)34-12-11-25-16-5-8-18-19(13-16)24(31)27(23(18)30)20-9-10-21(28)26-22(20)29/h3-8,13,15,20,25H,9-12H2,1-2H3,(H,26,28,29). The van der Waals surface area contributed by atoms with Crippen LogP contribution in [0.4, 0.5) is 5.69 Å². The van der Waals surface area contributed by atoms with E-state index in [0.29, 0.717) is 5.69 Å². The summed E-state index contributed by atoms with van der Waals surface area (Å²) in [5.74, 6) is -2.29. The SMILES string of the molecule is Cc1ccc(S(=O)(=O)OC(C)OCCNc2ccc3c(c2)C(=O)N(C2CCC(=O)NC2=O)C3=O)cc1. The molecular formula is C24H25N3O8S. The van der Waals surface area contributed by atoms with Gasteiger partial charge in [-0.05, 0) is 50.6 Å². The maximum Gasteiger partial charge on any atom is 0.299 e. The van der Waals surface area contributed by atoms with E-state index in [2.05, 4.69) is 10.6 Å². The second-order valence-corrected chi connectivity index (χ2v) is 10.0. The fourth-order valence-electron chi connectivity index (χ4n) is 3.97. The van der Waals surface area contributed by atoms with Gasteiger partial charge in [-0.2, -0.15) is 8.42 Å². The monoisotopic (exact) mass is 515 g/mol. The number of rotatable bonds is 9. The number of nitrogens with one attached hydrogen (secondary N) is 2.